The van der Waals surface area contributed by atoms with E-state index in [2.05, 4.69) is 63.7 Å². The number of hydrogen-bond donors (Lipinski definition) is 7. The Hall–Kier alpha value is -6.70. The molecule has 25 heteroatoms. The number of unbranched alkanes of at least 4 members (excludes halogenated alkanes) is 1. The minimum Gasteiger partial charge on any atom is -0.463 e. The van der Waals surface area contributed by atoms with E-state index in [0.29, 0.717) is 61.2 Å². The summed E-state index contributed by atoms with van der Waals surface area (Å²) in [6.07, 6.45) is 5.07. The number of piperidine rings is 1. The zero-order chi connectivity index (χ0) is 50.5. The van der Waals surface area contributed by atoms with E-state index in [1.165, 1.54) is 5.56 Å². The van der Waals surface area contributed by atoms with Gasteiger partial charge in [0.05, 0.1) is 13.2 Å². The first-order valence-corrected chi connectivity index (χ1v) is 22.9. The summed E-state index contributed by atoms with van der Waals surface area (Å²) in [4.78, 5) is 114. The van der Waals surface area contributed by atoms with Gasteiger partial charge in [0.1, 0.15) is 17.7 Å². The SMILES string of the molecule is CC(C)(C)OC(=O)NOCC(=O)ON1C(=O)CCC1=O.CCCCOc1nc(N)c2[nH]c(=O)n(Cc3ccc(CN4CCC(CCNC(=O)[C@H](CCCN=C(N)N)CC(=O)CON)CC4)cc3)c2n1. The Morgan fingerprint density at radius 2 is 1.62 bits per heavy atom. The predicted molar refractivity (Wildman–Crippen MR) is 250 cm³/mol. The third-order valence-corrected chi connectivity index (χ3v) is 10.7. The fourth-order valence-electron chi connectivity index (χ4n) is 7.26. The van der Waals surface area contributed by atoms with Crippen LogP contribution >= 0.6 is 0 Å². The van der Waals surface area contributed by atoms with Crippen molar-refractivity contribution in [3.63, 3.8) is 0 Å². The molecule has 1 aromatic carbocycles. The standard InChI is InChI=1S/C33H51N11O5.C11H16N2O7/c1-2-3-17-48-32-41-28(34)27-29(42-32)44(33(47)40-27)20-24-8-6-23(7-9-24)19-43-15-11-22(12-16-43)10-14-38-30(46)25(18-26(45)21-49-37)5-4-13-39-31(35)36;1-11(2,3)19-10(17)12-18-6-9(16)20-13-7(14)4-5-8(13)15/h6-9,22,25H,2-5,10-21,37H2,1H3,(H,38,46)(H,40,47)(H2,34,41,42)(H4,35,36,39);4-6H2,1-3H3,(H,12,17)/t25-;/m1./s1. The Bertz CT molecular complexity index is 2270. The summed E-state index contributed by atoms with van der Waals surface area (Å²) in [6.45, 7) is 10.7. The third kappa shape index (κ3) is 19.1. The molecule has 1 atom stereocenters. The van der Waals surface area contributed by atoms with Gasteiger partial charge < -0.3 is 41.8 Å². The molecule has 69 heavy (non-hydrogen) atoms. The minimum absolute atomic E-state index is 0.000412. The van der Waals surface area contributed by atoms with Crippen LogP contribution in [0.2, 0.25) is 0 Å². The van der Waals surface area contributed by atoms with Crippen LogP contribution in [-0.4, -0.2) is 123 Å². The Balaban J connectivity index is 0.000000433. The van der Waals surface area contributed by atoms with Crippen LogP contribution < -0.4 is 44.3 Å². The number of nitrogens with two attached hydrogens (primary N) is 4. The topological polar surface area (TPSA) is 359 Å². The predicted octanol–water partition coefficient (Wildman–Crippen LogP) is 1.22. The van der Waals surface area contributed by atoms with Crippen molar-refractivity contribution < 1.29 is 52.8 Å². The van der Waals surface area contributed by atoms with Gasteiger partial charge in [-0.25, -0.2) is 20.3 Å². The molecule has 5 rings (SSSR count). The molecule has 0 saturated carbocycles. The minimum atomic E-state index is -0.996. The number of ether oxygens (including phenoxy) is 2. The van der Waals surface area contributed by atoms with Crippen molar-refractivity contribution in [1.29, 1.82) is 0 Å². The van der Waals surface area contributed by atoms with E-state index in [0.717, 1.165) is 57.3 Å². The van der Waals surface area contributed by atoms with E-state index in [1.807, 2.05) is 17.6 Å². The quantitative estimate of drug-likeness (QED) is 0.0218. The van der Waals surface area contributed by atoms with Crippen molar-refractivity contribution in [2.45, 2.75) is 111 Å². The molecule has 3 aromatic rings. The van der Waals surface area contributed by atoms with Gasteiger partial charge in [0.2, 0.25) is 5.91 Å². The van der Waals surface area contributed by atoms with Crippen LogP contribution in [-0.2, 0) is 56.3 Å². The number of Topliss-reactive ketones (excluding diaryl/α,β-unsaturated/α-hetero) is 1. The van der Waals surface area contributed by atoms with Crippen molar-refractivity contribution in [2.24, 2.45) is 34.2 Å². The number of hydroxylamine groups is 3. The van der Waals surface area contributed by atoms with Gasteiger partial charge in [-0.3, -0.25) is 43.3 Å². The molecule has 380 valence electrons. The lowest BCUT2D eigenvalue weighted by Gasteiger charge is -2.32. The molecule has 25 nitrogen and oxygen atoms in total. The molecule has 2 aliphatic rings. The van der Waals surface area contributed by atoms with Crippen LogP contribution in [0.25, 0.3) is 11.2 Å². The zero-order valence-corrected chi connectivity index (χ0v) is 39.8. The summed E-state index contributed by atoms with van der Waals surface area (Å²) in [5, 5.41) is 3.41. The summed E-state index contributed by atoms with van der Waals surface area (Å²) in [5.41, 5.74) is 20.7. The number of carbonyl (C=O) groups excluding carboxylic acids is 6. The molecule has 4 heterocycles. The van der Waals surface area contributed by atoms with E-state index in [4.69, 9.17) is 32.6 Å². The van der Waals surface area contributed by atoms with Gasteiger partial charge in [-0.15, -0.1) is 5.06 Å². The molecule has 4 amide bonds. The largest absolute Gasteiger partial charge is 0.463 e. The number of imide groups is 1. The molecular formula is C44H67N13O12. The highest BCUT2D eigenvalue weighted by Gasteiger charge is 2.33. The van der Waals surface area contributed by atoms with Gasteiger partial charge in [-0.05, 0) is 89.4 Å². The Morgan fingerprint density at radius 3 is 2.25 bits per heavy atom. The lowest BCUT2D eigenvalue weighted by molar-refractivity contribution is -0.201. The molecule has 0 aliphatic carbocycles. The van der Waals surface area contributed by atoms with Gasteiger partial charge in [0.25, 0.3) is 11.8 Å². The van der Waals surface area contributed by atoms with Crippen molar-refractivity contribution in [2.75, 3.05) is 51.7 Å². The Morgan fingerprint density at radius 1 is 0.957 bits per heavy atom. The van der Waals surface area contributed by atoms with Crippen LogP contribution in [0.15, 0.2) is 34.1 Å². The number of aromatic amines is 1. The molecule has 2 aromatic heterocycles. The second kappa shape index (κ2) is 27.3. The molecule has 0 radical (unpaired) electrons. The normalized spacial score (nSPS) is 14.7. The number of nitrogens with zero attached hydrogens (tertiary/aromatic N) is 6. The number of nitrogens with one attached hydrogen (secondary N) is 3. The van der Waals surface area contributed by atoms with E-state index in [-0.39, 0.29) is 61.0 Å². The number of H-pyrrole nitrogens is 1. The molecule has 2 saturated heterocycles. The number of fused-ring (bicyclic) bond motifs is 1. The number of hydrogen-bond acceptors (Lipinski definition) is 18. The summed E-state index contributed by atoms with van der Waals surface area (Å²) < 4.78 is 12.0. The van der Waals surface area contributed by atoms with Crippen LogP contribution in [0.5, 0.6) is 6.01 Å². The number of nitrogen functional groups attached to an aromatic ring is 1. The number of aliphatic imine (C=N–C) groups is 1. The molecule has 0 spiro atoms. The number of ketones is 1. The summed E-state index contributed by atoms with van der Waals surface area (Å²) in [6, 6.07) is 8.42. The van der Waals surface area contributed by atoms with Crippen molar-refractivity contribution in [3.05, 3.63) is 45.9 Å². The second-order valence-electron chi connectivity index (χ2n) is 17.6. The van der Waals surface area contributed by atoms with Crippen molar-refractivity contribution >= 4 is 58.5 Å². The van der Waals surface area contributed by atoms with E-state index >= 15 is 0 Å². The number of guanidine groups is 1. The lowest BCUT2D eigenvalue weighted by Crippen LogP contribution is -2.37. The number of amides is 4. The number of benzene rings is 1. The van der Waals surface area contributed by atoms with Crippen molar-refractivity contribution in [3.8, 4) is 6.01 Å². The highest BCUT2D eigenvalue weighted by atomic mass is 16.8. The number of anilines is 1. The van der Waals surface area contributed by atoms with E-state index < -0.39 is 42.0 Å². The second-order valence-corrected chi connectivity index (χ2v) is 17.6. The number of likely N-dealkylation sites (tertiary alicyclic amines) is 1. The average molecular weight is 970 g/mol. The van der Waals surface area contributed by atoms with Crippen LogP contribution in [0, 0.1) is 11.8 Å². The van der Waals surface area contributed by atoms with Crippen LogP contribution in [0.1, 0.15) is 103 Å². The van der Waals surface area contributed by atoms with Gasteiger partial charge in [0, 0.05) is 44.8 Å². The number of aromatic nitrogens is 4. The zero-order valence-electron chi connectivity index (χ0n) is 39.8. The molecule has 11 N–H and O–H groups in total. The van der Waals surface area contributed by atoms with Crippen LogP contribution in [0.3, 0.4) is 0 Å². The van der Waals surface area contributed by atoms with E-state index in [1.54, 1.807) is 25.3 Å². The van der Waals surface area contributed by atoms with Gasteiger partial charge >= 0.3 is 23.8 Å². The Kier molecular flexibility index (Phi) is 21.7. The molecule has 0 bridgehead atoms. The first-order chi connectivity index (χ1) is 32.8. The van der Waals surface area contributed by atoms with Crippen molar-refractivity contribution in [1.82, 2.24) is 40.3 Å². The maximum atomic E-state index is 12.9. The maximum Gasteiger partial charge on any atom is 0.431 e. The Labute approximate surface area is 399 Å². The highest BCUT2D eigenvalue weighted by Crippen LogP contribution is 2.23. The molecular weight excluding hydrogens is 903 g/mol. The van der Waals surface area contributed by atoms with Gasteiger partial charge in [-0.2, -0.15) is 15.4 Å². The monoisotopic (exact) mass is 970 g/mol. The maximum absolute atomic E-state index is 12.9. The lowest BCUT2D eigenvalue weighted by atomic mass is 9.92. The number of rotatable bonds is 24. The molecule has 2 aliphatic heterocycles. The first kappa shape index (κ1) is 54.9. The fraction of sp³-hybridized carbons (Fsp3) is 0.591. The average Bonchev–Trinajstić information content (AvgIpc) is 3.78. The van der Waals surface area contributed by atoms with Gasteiger partial charge in [-0.1, -0.05) is 37.6 Å². The number of carbonyl (C=O) groups is 6. The molecule has 2 fully saturated rings. The van der Waals surface area contributed by atoms with Crippen LogP contribution in [0.4, 0.5) is 10.6 Å². The fourth-order valence-corrected chi connectivity index (χ4v) is 7.26. The smallest absolute Gasteiger partial charge is 0.431 e. The summed E-state index contributed by atoms with van der Waals surface area (Å²) >= 11 is 0. The number of imidazole rings is 1. The highest BCUT2D eigenvalue weighted by molar-refractivity contribution is 6.01. The first-order valence-electron chi connectivity index (χ1n) is 22.9. The summed E-state index contributed by atoms with van der Waals surface area (Å²) in [5.74, 6) is 2.68. The van der Waals surface area contributed by atoms with E-state index in [9.17, 15) is 33.6 Å². The molecule has 0 unspecified atom stereocenters. The van der Waals surface area contributed by atoms with Gasteiger partial charge in [0.15, 0.2) is 29.8 Å². The third-order valence-electron chi connectivity index (χ3n) is 10.7. The summed E-state index contributed by atoms with van der Waals surface area (Å²) in [7, 11) is 0.